The van der Waals surface area contributed by atoms with Crippen LogP contribution in [-0.4, -0.2) is 37.9 Å². The van der Waals surface area contributed by atoms with Gasteiger partial charge in [-0.1, -0.05) is 6.07 Å². The van der Waals surface area contributed by atoms with Gasteiger partial charge in [-0.15, -0.1) is 0 Å². The number of carboxylic acids is 1. The molecule has 1 aromatic carbocycles. The van der Waals surface area contributed by atoms with E-state index in [2.05, 4.69) is 5.32 Å². The minimum Gasteiger partial charge on any atom is -0.505 e. The SMILES string of the molecule is Cn1ccc(O)c(N(C(=O)NCCC(=O)O)c2cccc(-n3cccc3)c2)c1=O. The van der Waals surface area contributed by atoms with Gasteiger partial charge in [0.1, 0.15) is 5.75 Å². The molecule has 0 fully saturated rings. The summed E-state index contributed by atoms with van der Waals surface area (Å²) < 4.78 is 3.06. The van der Waals surface area contributed by atoms with Crippen LogP contribution in [0.25, 0.3) is 5.69 Å². The van der Waals surface area contributed by atoms with E-state index < -0.39 is 17.6 Å². The molecule has 0 aliphatic carbocycles. The number of nitrogens with zero attached hydrogens (tertiary/aromatic N) is 3. The lowest BCUT2D eigenvalue weighted by Crippen LogP contribution is -2.41. The number of pyridine rings is 1. The highest BCUT2D eigenvalue weighted by Crippen LogP contribution is 2.31. The number of amides is 2. The summed E-state index contributed by atoms with van der Waals surface area (Å²) in [6.07, 6.45) is 4.77. The van der Waals surface area contributed by atoms with Crippen LogP contribution in [0.5, 0.6) is 5.75 Å². The van der Waals surface area contributed by atoms with Gasteiger partial charge in [-0.05, 0) is 36.4 Å². The van der Waals surface area contributed by atoms with Gasteiger partial charge in [0.05, 0.1) is 12.1 Å². The van der Waals surface area contributed by atoms with Crippen LogP contribution in [-0.2, 0) is 11.8 Å². The van der Waals surface area contributed by atoms with E-state index in [0.29, 0.717) is 5.69 Å². The molecule has 3 aromatic rings. The molecule has 0 aliphatic rings. The van der Waals surface area contributed by atoms with Gasteiger partial charge in [0.25, 0.3) is 5.56 Å². The van der Waals surface area contributed by atoms with Gasteiger partial charge in [-0.3, -0.25) is 14.5 Å². The summed E-state index contributed by atoms with van der Waals surface area (Å²) in [6, 6.07) is 11.1. The molecule has 0 saturated heterocycles. The number of urea groups is 1. The van der Waals surface area contributed by atoms with Crippen molar-refractivity contribution in [2.45, 2.75) is 6.42 Å². The summed E-state index contributed by atoms with van der Waals surface area (Å²) in [7, 11) is 1.50. The molecule has 9 heteroatoms. The molecule has 3 N–H and O–H groups in total. The molecule has 0 atom stereocenters. The summed E-state index contributed by atoms with van der Waals surface area (Å²) in [4.78, 5) is 37.4. The molecule has 0 saturated carbocycles. The Morgan fingerprint density at radius 2 is 1.83 bits per heavy atom. The second-order valence-corrected chi connectivity index (χ2v) is 6.29. The van der Waals surface area contributed by atoms with Crippen molar-refractivity contribution in [2.24, 2.45) is 7.05 Å². The second kappa shape index (κ2) is 8.34. The molecular weight excluding hydrogens is 376 g/mol. The van der Waals surface area contributed by atoms with Crippen molar-refractivity contribution in [3.8, 4) is 11.4 Å². The second-order valence-electron chi connectivity index (χ2n) is 6.29. The fourth-order valence-corrected chi connectivity index (χ4v) is 2.82. The van der Waals surface area contributed by atoms with Gasteiger partial charge in [-0.25, -0.2) is 4.79 Å². The maximum atomic E-state index is 12.9. The van der Waals surface area contributed by atoms with Crippen molar-refractivity contribution in [3.63, 3.8) is 0 Å². The number of anilines is 2. The van der Waals surface area contributed by atoms with Crippen LogP contribution in [0.3, 0.4) is 0 Å². The van der Waals surface area contributed by atoms with Gasteiger partial charge in [-0.2, -0.15) is 0 Å². The number of carbonyl (C=O) groups excluding carboxylic acids is 1. The van der Waals surface area contributed by atoms with E-state index in [1.807, 2.05) is 35.2 Å². The number of carbonyl (C=O) groups is 2. The lowest BCUT2D eigenvalue weighted by Gasteiger charge is -2.24. The number of nitrogens with one attached hydrogen (secondary N) is 1. The fraction of sp³-hybridized carbons (Fsp3) is 0.150. The summed E-state index contributed by atoms with van der Waals surface area (Å²) in [5.74, 6) is -1.43. The normalized spacial score (nSPS) is 10.5. The molecule has 2 amide bonds. The molecule has 9 nitrogen and oxygen atoms in total. The highest BCUT2D eigenvalue weighted by Gasteiger charge is 2.25. The number of aromatic nitrogens is 2. The van der Waals surface area contributed by atoms with Gasteiger partial charge < -0.3 is 24.7 Å². The third-order valence-corrected chi connectivity index (χ3v) is 4.25. The quantitative estimate of drug-likeness (QED) is 0.591. The summed E-state index contributed by atoms with van der Waals surface area (Å²) in [6.45, 7) is -0.129. The van der Waals surface area contributed by atoms with Crippen molar-refractivity contribution < 1.29 is 19.8 Å². The number of benzene rings is 1. The average Bonchev–Trinajstić information content (AvgIpc) is 3.23. The Hall–Kier alpha value is -4.01. The van der Waals surface area contributed by atoms with Gasteiger partial charge >= 0.3 is 12.0 Å². The average molecular weight is 396 g/mol. The standard InChI is InChI=1S/C20H20N4O5/c1-22-12-8-16(25)18(19(22)28)24(20(29)21-9-7-17(26)27)15-6-4-5-14(13-15)23-10-2-3-11-23/h2-6,8,10-13,25H,7,9H2,1H3,(H,21,29)(H,26,27). The summed E-state index contributed by atoms with van der Waals surface area (Å²) in [5.41, 5.74) is 0.267. The van der Waals surface area contributed by atoms with E-state index in [0.717, 1.165) is 10.6 Å². The largest absolute Gasteiger partial charge is 0.505 e. The maximum absolute atomic E-state index is 12.9. The molecular formula is C20H20N4O5. The highest BCUT2D eigenvalue weighted by molar-refractivity contribution is 6.00. The van der Waals surface area contributed by atoms with Crippen LogP contribution in [0.1, 0.15) is 6.42 Å². The molecule has 150 valence electrons. The lowest BCUT2D eigenvalue weighted by atomic mass is 10.2. The Kier molecular flexibility index (Phi) is 5.68. The van der Waals surface area contributed by atoms with Crippen LogP contribution in [0.15, 0.2) is 65.8 Å². The minimum absolute atomic E-state index is 0.129. The molecule has 2 heterocycles. The Morgan fingerprint density at radius 1 is 1.10 bits per heavy atom. The molecule has 29 heavy (non-hydrogen) atoms. The zero-order valence-corrected chi connectivity index (χ0v) is 15.6. The molecule has 0 unspecified atom stereocenters. The van der Waals surface area contributed by atoms with Crippen molar-refractivity contribution >= 4 is 23.4 Å². The minimum atomic E-state index is -1.06. The van der Waals surface area contributed by atoms with Crippen LogP contribution < -0.4 is 15.8 Å². The van der Waals surface area contributed by atoms with E-state index in [4.69, 9.17) is 5.11 Å². The van der Waals surface area contributed by atoms with Crippen LogP contribution >= 0.6 is 0 Å². The van der Waals surface area contributed by atoms with Crippen LogP contribution in [0.4, 0.5) is 16.2 Å². The predicted molar refractivity (Wildman–Crippen MR) is 107 cm³/mol. The number of hydrogen-bond acceptors (Lipinski definition) is 4. The number of hydrogen-bond donors (Lipinski definition) is 3. The van der Waals surface area contributed by atoms with E-state index >= 15 is 0 Å². The van der Waals surface area contributed by atoms with Gasteiger partial charge in [0.15, 0.2) is 5.69 Å². The van der Waals surface area contributed by atoms with E-state index in [-0.39, 0.29) is 24.4 Å². The van der Waals surface area contributed by atoms with E-state index in [9.17, 15) is 19.5 Å². The number of aromatic hydroxyl groups is 1. The number of rotatable bonds is 6. The zero-order valence-electron chi connectivity index (χ0n) is 15.6. The molecule has 0 spiro atoms. The van der Waals surface area contributed by atoms with Crippen molar-refractivity contribution in [1.82, 2.24) is 14.5 Å². The number of carboxylic acid groups (broad SMARTS) is 1. The summed E-state index contributed by atoms with van der Waals surface area (Å²) in [5, 5.41) is 21.6. The predicted octanol–water partition coefficient (Wildman–Crippen LogP) is 2.20. The summed E-state index contributed by atoms with van der Waals surface area (Å²) >= 11 is 0. The maximum Gasteiger partial charge on any atom is 0.326 e. The Bertz CT molecular complexity index is 1090. The molecule has 0 aliphatic heterocycles. The van der Waals surface area contributed by atoms with E-state index in [1.54, 1.807) is 18.2 Å². The van der Waals surface area contributed by atoms with Crippen molar-refractivity contribution in [1.29, 1.82) is 0 Å². The molecule has 2 aromatic heterocycles. The smallest absolute Gasteiger partial charge is 0.326 e. The Balaban J connectivity index is 2.08. The number of aliphatic carboxylic acids is 1. The van der Waals surface area contributed by atoms with Crippen LogP contribution in [0, 0.1) is 0 Å². The monoisotopic (exact) mass is 396 g/mol. The first-order chi connectivity index (χ1) is 13.9. The van der Waals surface area contributed by atoms with Crippen LogP contribution in [0.2, 0.25) is 0 Å². The third kappa shape index (κ3) is 4.29. The third-order valence-electron chi connectivity index (χ3n) is 4.25. The number of aryl methyl sites for hydroxylation is 1. The first-order valence-electron chi connectivity index (χ1n) is 8.80. The Labute approximate surface area is 166 Å². The first-order valence-corrected chi connectivity index (χ1v) is 8.80. The Morgan fingerprint density at radius 3 is 2.52 bits per heavy atom. The molecule has 3 rings (SSSR count). The van der Waals surface area contributed by atoms with Gasteiger partial charge in [0.2, 0.25) is 0 Å². The zero-order chi connectivity index (χ0) is 21.0. The first kappa shape index (κ1) is 19.7. The van der Waals surface area contributed by atoms with Gasteiger partial charge in [0, 0.05) is 37.9 Å². The lowest BCUT2D eigenvalue weighted by molar-refractivity contribution is -0.136. The molecule has 0 bridgehead atoms. The highest BCUT2D eigenvalue weighted by atomic mass is 16.4. The van der Waals surface area contributed by atoms with Crippen molar-refractivity contribution in [2.75, 3.05) is 11.4 Å². The molecule has 0 radical (unpaired) electrons. The van der Waals surface area contributed by atoms with Crippen molar-refractivity contribution in [3.05, 3.63) is 71.4 Å². The fourth-order valence-electron chi connectivity index (χ4n) is 2.82. The van der Waals surface area contributed by atoms with E-state index in [1.165, 1.54) is 23.9 Å². The topological polar surface area (TPSA) is 117 Å².